The monoisotopic (exact) mass is 306 g/mol. The molecule has 0 radical (unpaired) electrons. The van der Waals surface area contributed by atoms with Gasteiger partial charge < -0.3 is 14.6 Å². The first-order valence-electron chi connectivity index (χ1n) is 6.75. The Hall–Kier alpha value is -2.64. The van der Waals surface area contributed by atoms with E-state index in [0.717, 1.165) is 0 Å². The number of ether oxygens (including phenoxy) is 1. The molecule has 0 aliphatic carbocycles. The van der Waals surface area contributed by atoms with Gasteiger partial charge in [0.25, 0.3) is 5.91 Å². The number of nitrogens with zero attached hydrogens (tertiary/aromatic N) is 3. The van der Waals surface area contributed by atoms with E-state index >= 15 is 0 Å². The largest absolute Gasteiger partial charge is 0.464 e. The third-order valence-corrected chi connectivity index (χ3v) is 3.17. The second-order valence-electron chi connectivity index (χ2n) is 5.15. The van der Waals surface area contributed by atoms with E-state index in [1.807, 2.05) is 13.8 Å². The summed E-state index contributed by atoms with van der Waals surface area (Å²) in [6, 6.07) is 1.57. The maximum absolute atomic E-state index is 12.3. The molecule has 0 saturated heterocycles. The lowest BCUT2D eigenvalue weighted by Crippen LogP contribution is -2.17. The number of methoxy groups -OCH3 is 1. The van der Waals surface area contributed by atoms with Crippen molar-refractivity contribution in [2.45, 2.75) is 26.7 Å². The highest BCUT2D eigenvalue weighted by Gasteiger charge is 2.24. The Bertz CT molecular complexity index is 714. The standard InChI is InChI=1S/C14H18N4O4/c1-7(2)10-6-9(17-22-10)13(19)15-11-8(3)16-18(4)12(11)14(20)21-5/h6-7H,1-5H3,(H,15,19). The van der Waals surface area contributed by atoms with Crippen LogP contribution in [0.4, 0.5) is 5.69 Å². The average molecular weight is 306 g/mol. The number of anilines is 1. The van der Waals surface area contributed by atoms with E-state index in [0.29, 0.717) is 17.1 Å². The van der Waals surface area contributed by atoms with Crippen molar-refractivity contribution in [2.24, 2.45) is 7.05 Å². The molecule has 118 valence electrons. The molecule has 2 rings (SSSR count). The van der Waals surface area contributed by atoms with E-state index in [1.165, 1.54) is 11.8 Å². The lowest BCUT2D eigenvalue weighted by molar-refractivity contribution is 0.0589. The Morgan fingerprint density at radius 2 is 2.09 bits per heavy atom. The number of hydrogen-bond donors (Lipinski definition) is 1. The first kappa shape index (κ1) is 15.7. The van der Waals surface area contributed by atoms with Crippen molar-refractivity contribution in [1.82, 2.24) is 14.9 Å². The van der Waals surface area contributed by atoms with Gasteiger partial charge in [-0.25, -0.2) is 4.79 Å². The van der Waals surface area contributed by atoms with Crippen LogP contribution in [0.5, 0.6) is 0 Å². The molecule has 0 saturated carbocycles. The van der Waals surface area contributed by atoms with Crippen molar-refractivity contribution >= 4 is 17.6 Å². The van der Waals surface area contributed by atoms with Crippen LogP contribution in [0.2, 0.25) is 0 Å². The topological polar surface area (TPSA) is 99.2 Å². The van der Waals surface area contributed by atoms with Crippen molar-refractivity contribution in [3.63, 3.8) is 0 Å². The molecular formula is C14H18N4O4. The smallest absolute Gasteiger partial charge is 0.358 e. The summed E-state index contributed by atoms with van der Waals surface area (Å²) in [5.41, 5.74) is 1.11. The van der Waals surface area contributed by atoms with Crippen molar-refractivity contribution in [2.75, 3.05) is 12.4 Å². The van der Waals surface area contributed by atoms with Crippen LogP contribution in [0.15, 0.2) is 10.6 Å². The molecule has 0 fully saturated rings. The number of amides is 1. The van der Waals surface area contributed by atoms with E-state index in [-0.39, 0.29) is 17.3 Å². The summed E-state index contributed by atoms with van der Waals surface area (Å²) in [6.45, 7) is 5.55. The number of carbonyl (C=O) groups is 2. The molecular weight excluding hydrogens is 288 g/mol. The van der Waals surface area contributed by atoms with Crippen LogP contribution in [0, 0.1) is 6.92 Å². The quantitative estimate of drug-likeness (QED) is 0.866. The minimum absolute atomic E-state index is 0.125. The molecule has 0 atom stereocenters. The van der Waals surface area contributed by atoms with Gasteiger partial charge in [0.2, 0.25) is 0 Å². The van der Waals surface area contributed by atoms with Gasteiger partial charge in [-0.05, 0) is 6.92 Å². The fourth-order valence-electron chi connectivity index (χ4n) is 1.98. The van der Waals surface area contributed by atoms with E-state index < -0.39 is 11.9 Å². The number of nitrogens with one attached hydrogen (secondary N) is 1. The number of aromatic nitrogens is 3. The Labute approximate surface area is 127 Å². The molecule has 2 aromatic heterocycles. The summed E-state index contributed by atoms with van der Waals surface area (Å²) in [6.07, 6.45) is 0. The Balaban J connectivity index is 2.30. The van der Waals surface area contributed by atoms with Crippen LogP contribution < -0.4 is 5.32 Å². The maximum atomic E-state index is 12.3. The molecule has 8 heteroatoms. The summed E-state index contributed by atoms with van der Waals surface area (Å²) in [5.74, 6) is -0.320. The highest BCUT2D eigenvalue weighted by molar-refractivity contribution is 6.07. The first-order chi connectivity index (χ1) is 10.3. The number of aryl methyl sites for hydroxylation is 2. The number of esters is 1. The van der Waals surface area contributed by atoms with E-state index in [4.69, 9.17) is 9.26 Å². The normalized spacial score (nSPS) is 10.8. The van der Waals surface area contributed by atoms with Crippen LogP contribution in [0.1, 0.15) is 52.2 Å². The SMILES string of the molecule is COC(=O)c1c(NC(=O)c2cc(C(C)C)on2)c(C)nn1C. The Morgan fingerprint density at radius 1 is 1.41 bits per heavy atom. The fourth-order valence-corrected chi connectivity index (χ4v) is 1.98. The van der Waals surface area contributed by atoms with Gasteiger partial charge >= 0.3 is 5.97 Å². The molecule has 2 aromatic rings. The highest BCUT2D eigenvalue weighted by Crippen LogP contribution is 2.22. The fraction of sp³-hybridized carbons (Fsp3) is 0.429. The minimum Gasteiger partial charge on any atom is -0.464 e. The zero-order chi connectivity index (χ0) is 16.4. The van der Waals surface area contributed by atoms with Gasteiger partial charge in [0.1, 0.15) is 5.76 Å². The molecule has 0 bridgehead atoms. The second-order valence-corrected chi connectivity index (χ2v) is 5.15. The lowest BCUT2D eigenvalue weighted by Gasteiger charge is -2.05. The average Bonchev–Trinajstić information content (AvgIpc) is 3.04. The zero-order valence-corrected chi connectivity index (χ0v) is 13.1. The molecule has 2 heterocycles. The van der Waals surface area contributed by atoms with Gasteiger partial charge in [0.15, 0.2) is 11.4 Å². The van der Waals surface area contributed by atoms with Gasteiger partial charge in [-0.15, -0.1) is 0 Å². The van der Waals surface area contributed by atoms with Crippen molar-refractivity contribution in [3.8, 4) is 0 Å². The minimum atomic E-state index is -0.582. The maximum Gasteiger partial charge on any atom is 0.358 e. The van der Waals surface area contributed by atoms with Crippen LogP contribution in [-0.4, -0.2) is 33.9 Å². The molecule has 8 nitrogen and oxygen atoms in total. The molecule has 0 aliphatic heterocycles. The van der Waals surface area contributed by atoms with E-state index in [9.17, 15) is 9.59 Å². The van der Waals surface area contributed by atoms with Gasteiger partial charge in [0.05, 0.1) is 18.5 Å². The van der Waals surface area contributed by atoms with Crippen molar-refractivity contribution < 1.29 is 18.8 Å². The molecule has 0 aromatic carbocycles. The van der Waals surface area contributed by atoms with E-state index in [2.05, 4.69) is 15.6 Å². The molecule has 0 unspecified atom stereocenters. The summed E-state index contributed by atoms with van der Waals surface area (Å²) in [7, 11) is 2.87. The summed E-state index contributed by atoms with van der Waals surface area (Å²) in [5, 5.41) is 10.5. The van der Waals surface area contributed by atoms with Crippen molar-refractivity contribution in [3.05, 3.63) is 28.9 Å². The molecule has 0 aliphatic rings. The van der Waals surface area contributed by atoms with Crippen LogP contribution in [0.25, 0.3) is 0 Å². The molecule has 1 N–H and O–H groups in total. The lowest BCUT2D eigenvalue weighted by atomic mass is 10.1. The Kier molecular flexibility index (Phi) is 4.30. The summed E-state index contributed by atoms with van der Waals surface area (Å²) < 4.78 is 11.2. The van der Waals surface area contributed by atoms with Gasteiger partial charge in [0, 0.05) is 19.0 Å². The zero-order valence-electron chi connectivity index (χ0n) is 13.1. The van der Waals surface area contributed by atoms with Gasteiger partial charge in [-0.2, -0.15) is 5.10 Å². The predicted molar refractivity (Wildman–Crippen MR) is 77.8 cm³/mol. The molecule has 22 heavy (non-hydrogen) atoms. The number of rotatable bonds is 4. The third kappa shape index (κ3) is 2.85. The van der Waals surface area contributed by atoms with E-state index in [1.54, 1.807) is 20.0 Å². The second kappa shape index (κ2) is 6.00. The Morgan fingerprint density at radius 3 is 2.64 bits per heavy atom. The molecule has 0 spiro atoms. The van der Waals surface area contributed by atoms with Gasteiger partial charge in [-0.3, -0.25) is 9.48 Å². The van der Waals surface area contributed by atoms with Crippen LogP contribution >= 0.6 is 0 Å². The summed E-state index contributed by atoms with van der Waals surface area (Å²) >= 11 is 0. The predicted octanol–water partition coefficient (Wildman–Crippen LogP) is 1.88. The number of hydrogen-bond acceptors (Lipinski definition) is 6. The van der Waals surface area contributed by atoms with Crippen LogP contribution in [-0.2, 0) is 11.8 Å². The van der Waals surface area contributed by atoms with Gasteiger partial charge in [-0.1, -0.05) is 19.0 Å². The molecule has 1 amide bonds. The van der Waals surface area contributed by atoms with Crippen molar-refractivity contribution in [1.29, 1.82) is 0 Å². The van der Waals surface area contributed by atoms with Crippen LogP contribution in [0.3, 0.4) is 0 Å². The number of carbonyl (C=O) groups excluding carboxylic acids is 2. The summed E-state index contributed by atoms with van der Waals surface area (Å²) in [4.78, 5) is 24.1. The highest BCUT2D eigenvalue weighted by atomic mass is 16.5. The third-order valence-electron chi connectivity index (χ3n) is 3.17. The first-order valence-corrected chi connectivity index (χ1v) is 6.75.